The molecular formula is C12H16F2N2O2. The highest BCUT2D eigenvalue weighted by Crippen LogP contribution is 2.21. The van der Waals surface area contributed by atoms with Gasteiger partial charge in [0.15, 0.2) is 5.82 Å². The molecule has 6 heteroatoms. The monoisotopic (exact) mass is 258 g/mol. The topological polar surface area (TPSA) is 64.3 Å². The van der Waals surface area contributed by atoms with Crippen LogP contribution in [0.5, 0.6) is 0 Å². The largest absolute Gasteiger partial charge is 0.380 e. The Hall–Kier alpha value is -1.53. The molecule has 100 valence electrons. The van der Waals surface area contributed by atoms with E-state index in [9.17, 15) is 13.6 Å². The van der Waals surface area contributed by atoms with Crippen molar-refractivity contribution in [3.63, 3.8) is 0 Å². The van der Waals surface area contributed by atoms with E-state index in [0.29, 0.717) is 13.2 Å². The highest BCUT2D eigenvalue weighted by Gasteiger charge is 2.13. The van der Waals surface area contributed by atoms with Gasteiger partial charge in [-0.3, -0.25) is 4.79 Å². The first-order valence-corrected chi connectivity index (χ1v) is 5.58. The predicted octanol–water partition coefficient (Wildman–Crippen LogP) is 1.58. The molecule has 0 aromatic heterocycles. The van der Waals surface area contributed by atoms with Gasteiger partial charge in [0.05, 0.1) is 19.6 Å². The number of carbonyl (C=O) groups excluding carboxylic acids is 1. The van der Waals surface area contributed by atoms with Gasteiger partial charge in [0.2, 0.25) is 5.91 Å². The van der Waals surface area contributed by atoms with Crippen molar-refractivity contribution in [2.45, 2.75) is 13.3 Å². The van der Waals surface area contributed by atoms with Crippen LogP contribution in [0.3, 0.4) is 0 Å². The van der Waals surface area contributed by atoms with Crippen molar-refractivity contribution in [2.24, 2.45) is 5.73 Å². The zero-order valence-electron chi connectivity index (χ0n) is 10.1. The molecule has 1 aromatic carbocycles. The van der Waals surface area contributed by atoms with Gasteiger partial charge in [-0.25, -0.2) is 8.78 Å². The summed E-state index contributed by atoms with van der Waals surface area (Å²) in [5, 5.41) is 2.20. The lowest BCUT2D eigenvalue weighted by molar-refractivity contribution is -0.117. The molecule has 0 spiro atoms. The first-order chi connectivity index (χ1) is 8.56. The number of hydrogen-bond acceptors (Lipinski definition) is 3. The average molecular weight is 258 g/mol. The minimum absolute atomic E-state index is 0.0207. The average Bonchev–Trinajstić information content (AvgIpc) is 2.35. The summed E-state index contributed by atoms with van der Waals surface area (Å²) >= 11 is 0. The molecule has 1 amide bonds. The highest BCUT2D eigenvalue weighted by atomic mass is 19.1. The minimum Gasteiger partial charge on any atom is -0.380 e. The Balaban J connectivity index is 2.57. The fourth-order valence-electron chi connectivity index (χ4n) is 1.32. The highest BCUT2D eigenvalue weighted by molar-refractivity contribution is 5.91. The number of nitrogens with two attached hydrogens (primary N) is 1. The smallest absolute Gasteiger partial charge is 0.226 e. The Morgan fingerprint density at radius 1 is 1.39 bits per heavy atom. The van der Waals surface area contributed by atoms with Crippen LogP contribution in [0.15, 0.2) is 12.1 Å². The third kappa shape index (κ3) is 4.05. The van der Waals surface area contributed by atoms with Crippen LogP contribution in [0, 0.1) is 18.6 Å². The van der Waals surface area contributed by atoms with Crippen LogP contribution in [0.4, 0.5) is 14.5 Å². The van der Waals surface area contributed by atoms with Gasteiger partial charge in [-0.2, -0.15) is 0 Å². The van der Waals surface area contributed by atoms with E-state index in [2.05, 4.69) is 5.32 Å². The van der Waals surface area contributed by atoms with Gasteiger partial charge in [0.25, 0.3) is 0 Å². The van der Waals surface area contributed by atoms with Gasteiger partial charge >= 0.3 is 0 Å². The molecule has 1 rings (SSSR count). The summed E-state index contributed by atoms with van der Waals surface area (Å²) in [6.45, 7) is 2.37. The number of benzene rings is 1. The Labute approximate surface area is 104 Å². The second-order valence-corrected chi connectivity index (χ2v) is 3.75. The van der Waals surface area contributed by atoms with Crippen molar-refractivity contribution in [2.75, 3.05) is 25.1 Å². The number of carbonyl (C=O) groups is 1. The van der Waals surface area contributed by atoms with Crippen molar-refractivity contribution >= 4 is 11.6 Å². The van der Waals surface area contributed by atoms with Crippen molar-refractivity contribution in [1.29, 1.82) is 0 Å². The molecule has 0 unspecified atom stereocenters. The van der Waals surface area contributed by atoms with Crippen molar-refractivity contribution in [3.05, 3.63) is 29.3 Å². The van der Waals surface area contributed by atoms with Gasteiger partial charge in [-0.15, -0.1) is 0 Å². The van der Waals surface area contributed by atoms with Crippen LogP contribution in [0.1, 0.15) is 12.0 Å². The van der Waals surface area contributed by atoms with Crippen LogP contribution in [0.25, 0.3) is 0 Å². The molecule has 0 aliphatic carbocycles. The fourth-order valence-corrected chi connectivity index (χ4v) is 1.32. The van der Waals surface area contributed by atoms with E-state index in [1.807, 2.05) is 0 Å². The molecule has 18 heavy (non-hydrogen) atoms. The summed E-state index contributed by atoms with van der Waals surface area (Å²) < 4.78 is 31.9. The summed E-state index contributed by atoms with van der Waals surface area (Å²) in [7, 11) is 0. The molecular weight excluding hydrogens is 242 g/mol. The zero-order valence-corrected chi connectivity index (χ0v) is 10.1. The van der Waals surface area contributed by atoms with Crippen molar-refractivity contribution < 1.29 is 18.3 Å². The molecule has 0 aliphatic rings. The number of rotatable bonds is 6. The molecule has 0 aliphatic heterocycles. The number of nitrogens with one attached hydrogen (secondary N) is 1. The molecule has 0 fully saturated rings. The minimum atomic E-state index is -0.797. The molecule has 0 bridgehead atoms. The second kappa shape index (κ2) is 7.03. The third-order valence-corrected chi connectivity index (χ3v) is 2.28. The number of amides is 1. The van der Waals surface area contributed by atoms with E-state index in [1.165, 1.54) is 13.0 Å². The molecule has 0 saturated heterocycles. The van der Waals surface area contributed by atoms with E-state index in [0.717, 1.165) is 6.07 Å². The van der Waals surface area contributed by atoms with E-state index < -0.39 is 23.2 Å². The quantitative estimate of drug-likeness (QED) is 0.761. The van der Waals surface area contributed by atoms with Crippen LogP contribution in [0.2, 0.25) is 0 Å². The number of hydrogen-bond donors (Lipinski definition) is 2. The second-order valence-electron chi connectivity index (χ2n) is 3.75. The SMILES string of the molecule is Cc1ccc(F)c(NC(=O)CCOCCN)c1F. The Kier molecular flexibility index (Phi) is 5.67. The maximum absolute atomic E-state index is 13.6. The summed E-state index contributed by atoms with van der Waals surface area (Å²) in [4.78, 5) is 11.4. The van der Waals surface area contributed by atoms with Gasteiger partial charge in [0.1, 0.15) is 11.5 Å². The molecule has 3 N–H and O–H groups in total. The zero-order chi connectivity index (χ0) is 13.5. The third-order valence-electron chi connectivity index (χ3n) is 2.28. The summed E-state index contributed by atoms with van der Waals surface area (Å²) in [5.74, 6) is -2.06. The predicted molar refractivity (Wildman–Crippen MR) is 64.2 cm³/mol. The van der Waals surface area contributed by atoms with Gasteiger partial charge in [-0.1, -0.05) is 6.07 Å². The summed E-state index contributed by atoms with van der Waals surface area (Å²) in [5.41, 5.74) is 5.05. The van der Waals surface area contributed by atoms with E-state index in [-0.39, 0.29) is 18.6 Å². The van der Waals surface area contributed by atoms with Gasteiger partial charge < -0.3 is 15.8 Å². The van der Waals surface area contributed by atoms with Crippen LogP contribution in [-0.4, -0.2) is 25.7 Å². The summed E-state index contributed by atoms with van der Waals surface area (Å²) in [6.07, 6.45) is 0.0207. The van der Waals surface area contributed by atoms with Crippen LogP contribution in [-0.2, 0) is 9.53 Å². The first-order valence-electron chi connectivity index (χ1n) is 5.58. The Bertz CT molecular complexity index is 425. The molecule has 4 nitrogen and oxygen atoms in total. The normalized spacial score (nSPS) is 10.4. The standard InChI is InChI=1S/C12H16F2N2O2/c1-8-2-3-9(13)12(11(8)14)16-10(17)4-6-18-7-5-15/h2-3H,4-7,15H2,1H3,(H,16,17). The molecule has 0 radical (unpaired) electrons. The summed E-state index contributed by atoms with van der Waals surface area (Å²) in [6, 6.07) is 2.42. The number of ether oxygens (including phenoxy) is 1. The van der Waals surface area contributed by atoms with Gasteiger partial charge in [0, 0.05) is 6.54 Å². The molecule has 0 saturated carbocycles. The maximum atomic E-state index is 13.6. The molecule has 1 aromatic rings. The number of aryl methyl sites for hydroxylation is 1. The van der Waals surface area contributed by atoms with E-state index in [4.69, 9.17) is 10.5 Å². The van der Waals surface area contributed by atoms with Crippen molar-refractivity contribution in [3.8, 4) is 0 Å². The number of halogens is 2. The Morgan fingerprint density at radius 2 is 2.11 bits per heavy atom. The Morgan fingerprint density at radius 3 is 2.78 bits per heavy atom. The van der Waals surface area contributed by atoms with E-state index in [1.54, 1.807) is 0 Å². The lowest BCUT2D eigenvalue weighted by Crippen LogP contribution is -2.18. The lowest BCUT2D eigenvalue weighted by atomic mass is 10.2. The van der Waals surface area contributed by atoms with Gasteiger partial charge in [-0.05, 0) is 18.6 Å². The maximum Gasteiger partial charge on any atom is 0.226 e. The molecule has 0 heterocycles. The van der Waals surface area contributed by atoms with E-state index >= 15 is 0 Å². The van der Waals surface area contributed by atoms with Crippen LogP contribution >= 0.6 is 0 Å². The molecule has 0 atom stereocenters. The fraction of sp³-hybridized carbons (Fsp3) is 0.417. The first kappa shape index (κ1) is 14.5. The number of anilines is 1. The van der Waals surface area contributed by atoms with Crippen LogP contribution < -0.4 is 11.1 Å². The van der Waals surface area contributed by atoms with Crippen molar-refractivity contribution in [1.82, 2.24) is 0 Å². The lowest BCUT2D eigenvalue weighted by Gasteiger charge is -2.09.